The Morgan fingerprint density at radius 2 is 1.96 bits per heavy atom. The fraction of sp³-hybridized carbons (Fsp3) is 0.444. The average molecular weight is 343 g/mol. The van der Waals surface area contributed by atoms with Crippen LogP contribution in [0, 0.1) is 0 Å². The van der Waals surface area contributed by atoms with Crippen LogP contribution < -0.4 is 15.0 Å². The first-order valence-corrected chi connectivity index (χ1v) is 9.26. The third-order valence-electron chi connectivity index (χ3n) is 4.75. The zero-order chi connectivity index (χ0) is 16.5. The number of aromatic nitrogens is 1. The molecule has 1 fully saturated rings. The van der Waals surface area contributed by atoms with E-state index in [9.17, 15) is 4.79 Å². The predicted molar refractivity (Wildman–Crippen MR) is 96.3 cm³/mol. The Morgan fingerprint density at radius 1 is 1.21 bits per heavy atom. The van der Waals surface area contributed by atoms with Gasteiger partial charge in [-0.15, -0.1) is 0 Å². The number of carbonyl (C=O) groups is 1. The monoisotopic (exact) mass is 343 g/mol. The summed E-state index contributed by atoms with van der Waals surface area (Å²) in [6.07, 6.45) is 4.21. The van der Waals surface area contributed by atoms with Crippen LogP contribution in [-0.2, 0) is 4.79 Å². The van der Waals surface area contributed by atoms with Gasteiger partial charge in [-0.25, -0.2) is 4.98 Å². The molecule has 0 spiro atoms. The highest BCUT2D eigenvalue weighted by Gasteiger charge is 2.31. The molecule has 2 aliphatic heterocycles. The number of nitrogens with one attached hydrogen (secondary N) is 1. The van der Waals surface area contributed by atoms with E-state index in [1.165, 1.54) is 24.1 Å². The summed E-state index contributed by atoms with van der Waals surface area (Å²) in [5.41, 5.74) is 1.14. The summed E-state index contributed by atoms with van der Waals surface area (Å²) in [4.78, 5) is 20.4. The van der Waals surface area contributed by atoms with Gasteiger partial charge in [0.25, 0.3) is 0 Å². The van der Waals surface area contributed by atoms with Crippen molar-refractivity contribution in [1.29, 1.82) is 0 Å². The minimum atomic E-state index is 0.0406. The van der Waals surface area contributed by atoms with E-state index >= 15 is 0 Å². The number of nitrogens with zero attached hydrogens (tertiary/aromatic N) is 2. The second-order valence-corrected chi connectivity index (χ2v) is 7.34. The van der Waals surface area contributed by atoms with Crippen molar-refractivity contribution >= 4 is 28.2 Å². The third kappa shape index (κ3) is 2.86. The molecule has 0 radical (unpaired) electrons. The minimum absolute atomic E-state index is 0.0406. The van der Waals surface area contributed by atoms with Gasteiger partial charge in [0.1, 0.15) is 11.6 Å². The molecule has 24 heavy (non-hydrogen) atoms. The fourth-order valence-corrected chi connectivity index (χ4v) is 4.63. The van der Waals surface area contributed by atoms with E-state index in [4.69, 9.17) is 9.72 Å². The van der Waals surface area contributed by atoms with Gasteiger partial charge < -0.3 is 15.0 Å². The first kappa shape index (κ1) is 15.4. The quantitative estimate of drug-likeness (QED) is 0.925. The van der Waals surface area contributed by atoms with E-state index in [2.05, 4.69) is 10.2 Å². The highest BCUT2D eigenvalue weighted by atomic mass is 32.1. The number of rotatable bonds is 3. The van der Waals surface area contributed by atoms with E-state index in [1.807, 2.05) is 24.3 Å². The van der Waals surface area contributed by atoms with Gasteiger partial charge in [0.2, 0.25) is 5.91 Å². The predicted octanol–water partition coefficient (Wildman–Crippen LogP) is 3.62. The molecule has 0 saturated carbocycles. The zero-order valence-electron chi connectivity index (χ0n) is 13.7. The van der Waals surface area contributed by atoms with Gasteiger partial charge in [-0.3, -0.25) is 4.79 Å². The van der Waals surface area contributed by atoms with Crippen molar-refractivity contribution in [1.82, 2.24) is 4.98 Å². The van der Waals surface area contributed by atoms with Crippen molar-refractivity contribution in [3.05, 3.63) is 34.7 Å². The Bertz CT molecular complexity index is 735. The molecule has 6 heteroatoms. The highest BCUT2D eigenvalue weighted by Crippen LogP contribution is 2.43. The number of piperidine rings is 1. The molecule has 1 aromatic heterocycles. The molecule has 4 rings (SSSR count). The second-order valence-electron chi connectivity index (χ2n) is 6.34. The maximum Gasteiger partial charge on any atom is 0.226 e. The average Bonchev–Trinajstić information content (AvgIpc) is 3.06. The van der Waals surface area contributed by atoms with Crippen molar-refractivity contribution in [2.24, 2.45) is 0 Å². The standard InChI is InChI=1S/C18H21N3O2S/c1-23-13-7-5-12(6-8-13)14-11-15(22)19-17-16(14)24-18(20-17)21-9-3-2-4-10-21/h5-8,14H,2-4,9-11H2,1H3,(H,19,22)/t14-/m0/s1. The summed E-state index contributed by atoms with van der Waals surface area (Å²) in [5, 5.41) is 3.99. The van der Waals surface area contributed by atoms with Gasteiger partial charge in [0.15, 0.2) is 5.13 Å². The van der Waals surface area contributed by atoms with Gasteiger partial charge in [-0.1, -0.05) is 23.5 Å². The minimum Gasteiger partial charge on any atom is -0.497 e. The number of fused-ring (bicyclic) bond motifs is 1. The summed E-state index contributed by atoms with van der Waals surface area (Å²) in [5.74, 6) is 1.70. The molecule has 1 aromatic carbocycles. The van der Waals surface area contributed by atoms with Crippen LogP contribution in [0.2, 0.25) is 0 Å². The summed E-state index contributed by atoms with van der Waals surface area (Å²) >= 11 is 1.73. The lowest BCUT2D eigenvalue weighted by Crippen LogP contribution is -2.29. The van der Waals surface area contributed by atoms with E-state index in [-0.39, 0.29) is 11.8 Å². The molecule has 1 saturated heterocycles. The lowest BCUT2D eigenvalue weighted by Gasteiger charge is -2.25. The Kier molecular flexibility index (Phi) is 4.14. The SMILES string of the molecule is COc1ccc([C@@H]2CC(=O)Nc3nc(N4CCCCC4)sc32)cc1. The zero-order valence-corrected chi connectivity index (χ0v) is 14.6. The Labute approximate surface area is 145 Å². The van der Waals surface area contributed by atoms with Crippen molar-refractivity contribution < 1.29 is 9.53 Å². The molecule has 126 valence electrons. The number of benzene rings is 1. The number of anilines is 2. The van der Waals surface area contributed by atoms with Gasteiger partial charge >= 0.3 is 0 Å². The van der Waals surface area contributed by atoms with Crippen LogP contribution in [0.1, 0.15) is 42.0 Å². The fourth-order valence-electron chi connectivity index (χ4n) is 3.43. The number of amides is 1. The van der Waals surface area contributed by atoms with Gasteiger partial charge in [-0.05, 0) is 37.0 Å². The van der Waals surface area contributed by atoms with Crippen LogP contribution in [0.25, 0.3) is 0 Å². The molecule has 2 aliphatic rings. The molecular weight excluding hydrogens is 322 g/mol. The molecule has 3 heterocycles. The van der Waals surface area contributed by atoms with E-state index in [0.29, 0.717) is 6.42 Å². The Balaban J connectivity index is 1.67. The highest BCUT2D eigenvalue weighted by molar-refractivity contribution is 7.16. The van der Waals surface area contributed by atoms with Crippen molar-refractivity contribution in [2.45, 2.75) is 31.6 Å². The maximum absolute atomic E-state index is 12.1. The Morgan fingerprint density at radius 3 is 2.67 bits per heavy atom. The number of hydrogen-bond acceptors (Lipinski definition) is 5. The van der Waals surface area contributed by atoms with Crippen LogP contribution in [0.15, 0.2) is 24.3 Å². The first-order chi connectivity index (χ1) is 11.7. The van der Waals surface area contributed by atoms with Crippen LogP contribution in [-0.4, -0.2) is 31.1 Å². The first-order valence-electron chi connectivity index (χ1n) is 8.44. The number of ether oxygens (including phenoxy) is 1. The number of methoxy groups -OCH3 is 1. The lowest BCUT2D eigenvalue weighted by atomic mass is 9.91. The summed E-state index contributed by atoms with van der Waals surface area (Å²) < 4.78 is 5.23. The molecule has 5 nitrogen and oxygen atoms in total. The Hall–Kier alpha value is -2.08. The molecule has 1 atom stereocenters. The van der Waals surface area contributed by atoms with Crippen molar-refractivity contribution in [3.63, 3.8) is 0 Å². The normalized spacial score (nSPS) is 20.5. The summed E-state index contributed by atoms with van der Waals surface area (Å²) in [6, 6.07) is 8.00. The van der Waals surface area contributed by atoms with Crippen LogP contribution >= 0.6 is 11.3 Å². The summed E-state index contributed by atoms with van der Waals surface area (Å²) in [7, 11) is 1.66. The largest absolute Gasteiger partial charge is 0.497 e. The molecular formula is C18H21N3O2S. The lowest BCUT2D eigenvalue weighted by molar-refractivity contribution is -0.116. The molecule has 0 bridgehead atoms. The molecule has 2 aromatic rings. The maximum atomic E-state index is 12.1. The molecule has 1 amide bonds. The smallest absolute Gasteiger partial charge is 0.226 e. The van der Waals surface area contributed by atoms with Crippen LogP contribution in [0.3, 0.4) is 0 Å². The molecule has 0 aliphatic carbocycles. The third-order valence-corrected chi connectivity index (χ3v) is 5.98. The van der Waals surface area contributed by atoms with Crippen molar-refractivity contribution in [2.75, 3.05) is 30.4 Å². The van der Waals surface area contributed by atoms with Crippen LogP contribution in [0.4, 0.5) is 10.9 Å². The second kappa shape index (κ2) is 6.43. The van der Waals surface area contributed by atoms with Gasteiger partial charge in [0, 0.05) is 25.4 Å². The van der Waals surface area contributed by atoms with Gasteiger partial charge in [-0.2, -0.15) is 0 Å². The van der Waals surface area contributed by atoms with E-state index in [0.717, 1.165) is 35.4 Å². The van der Waals surface area contributed by atoms with E-state index < -0.39 is 0 Å². The van der Waals surface area contributed by atoms with Gasteiger partial charge in [0.05, 0.1) is 12.0 Å². The molecule has 0 unspecified atom stereocenters. The molecule has 1 N–H and O–H groups in total. The number of carbonyl (C=O) groups excluding carboxylic acids is 1. The van der Waals surface area contributed by atoms with Crippen molar-refractivity contribution in [3.8, 4) is 5.75 Å². The van der Waals surface area contributed by atoms with E-state index in [1.54, 1.807) is 18.4 Å². The summed E-state index contributed by atoms with van der Waals surface area (Å²) in [6.45, 7) is 2.13. The number of thiazole rings is 1. The number of hydrogen-bond donors (Lipinski definition) is 1. The van der Waals surface area contributed by atoms with Crippen LogP contribution in [0.5, 0.6) is 5.75 Å². The topological polar surface area (TPSA) is 54.5 Å².